The minimum atomic E-state index is -0.521. The maximum absolute atomic E-state index is 11.5. The van der Waals surface area contributed by atoms with Crippen LogP contribution in [0.15, 0.2) is 0 Å². The number of aliphatic hydroxyl groups excluding tert-OH is 1. The number of likely N-dealkylation sites (tertiary alicyclic amines) is 1. The molecular formula is C8H14N2O2. The van der Waals surface area contributed by atoms with Crippen molar-refractivity contribution in [2.75, 3.05) is 13.1 Å². The van der Waals surface area contributed by atoms with E-state index in [0.29, 0.717) is 13.1 Å². The van der Waals surface area contributed by atoms with Crippen LogP contribution < -0.4 is 5.73 Å². The van der Waals surface area contributed by atoms with E-state index in [1.165, 1.54) is 0 Å². The van der Waals surface area contributed by atoms with Gasteiger partial charge in [0.25, 0.3) is 0 Å². The van der Waals surface area contributed by atoms with E-state index in [2.05, 4.69) is 0 Å². The van der Waals surface area contributed by atoms with Crippen molar-refractivity contribution in [1.29, 1.82) is 0 Å². The molecule has 1 saturated carbocycles. The van der Waals surface area contributed by atoms with Gasteiger partial charge in [-0.25, -0.2) is 0 Å². The second-order valence-corrected chi connectivity index (χ2v) is 3.75. The van der Waals surface area contributed by atoms with Crippen molar-refractivity contribution in [3.05, 3.63) is 0 Å². The first-order valence-electron chi connectivity index (χ1n) is 4.41. The molecule has 0 bridgehead atoms. The normalized spacial score (nSPS) is 35.7. The minimum Gasteiger partial charge on any atom is -0.390 e. The number of amides is 1. The first-order valence-corrected chi connectivity index (χ1v) is 4.41. The molecule has 0 aromatic carbocycles. The number of hydrogen-bond donors (Lipinski definition) is 2. The van der Waals surface area contributed by atoms with Crippen molar-refractivity contribution in [3.63, 3.8) is 0 Å². The number of nitrogens with two attached hydrogens (primary N) is 1. The van der Waals surface area contributed by atoms with E-state index in [1.807, 2.05) is 0 Å². The predicted molar refractivity (Wildman–Crippen MR) is 43.3 cm³/mol. The summed E-state index contributed by atoms with van der Waals surface area (Å²) in [6.07, 6.45) is 1.51. The summed E-state index contributed by atoms with van der Waals surface area (Å²) in [6, 6.07) is -0.243. The fourth-order valence-electron chi connectivity index (χ4n) is 1.58. The van der Waals surface area contributed by atoms with Crippen LogP contribution in [0, 0.1) is 5.92 Å². The molecule has 3 N–H and O–H groups in total. The van der Waals surface area contributed by atoms with Gasteiger partial charge in [-0.1, -0.05) is 0 Å². The Kier molecular flexibility index (Phi) is 1.81. The van der Waals surface area contributed by atoms with Gasteiger partial charge in [0.1, 0.15) is 0 Å². The molecule has 4 nitrogen and oxygen atoms in total. The molecule has 2 rings (SSSR count). The van der Waals surface area contributed by atoms with Gasteiger partial charge in [0.2, 0.25) is 5.91 Å². The molecule has 1 amide bonds. The molecule has 4 heteroatoms. The van der Waals surface area contributed by atoms with Gasteiger partial charge >= 0.3 is 0 Å². The number of hydrogen-bond acceptors (Lipinski definition) is 3. The summed E-state index contributed by atoms with van der Waals surface area (Å²) in [7, 11) is 0. The van der Waals surface area contributed by atoms with Crippen molar-refractivity contribution in [2.24, 2.45) is 11.7 Å². The highest BCUT2D eigenvalue weighted by Gasteiger charge is 2.38. The van der Waals surface area contributed by atoms with Crippen LogP contribution in [0.4, 0.5) is 0 Å². The van der Waals surface area contributed by atoms with Gasteiger partial charge in [-0.3, -0.25) is 4.79 Å². The molecule has 68 valence electrons. The lowest BCUT2D eigenvalue weighted by Gasteiger charge is -2.14. The Hall–Kier alpha value is -0.610. The quantitative estimate of drug-likeness (QED) is 0.526. The van der Waals surface area contributed by atoms with Crippen LogP contribution in [0.1, 0.15) is 12.8 Å². The van der Waals surface area contributed by atoms with Crippen molar-refractivity contribution < 1.29 is 9.90 Å². The average molecular weight is 170 g/mol. The van der Waals surface area contributed by atoms with Gasteiger partial charge < -0.3 is 15.7 Å². The molecule has 0 radical (unpaired) electrons. The second-order valence-electron chi connectivity index (χ2n) is 3.75. The van der Waals surface area contributed by atoms with Gasteiger partial charge in [0, 0.05) is 25.0 Å². The molecule has 0 spiro atoms. The molecule has 1 saturated heterocycles. The van der Waals surface area contributed by atoms with Crippen molar-refractivity contribution in [3.8, 4) is 0 Å². The first-order chi connectivity index (χ1) is 5.68. The van der Waals surface area contributed by atoms with Crippen LogP contribution in [0.5, 0.6) is 0 Å². The Morgan fingerprint density at radius 1 is 1.42 bits per heavy atom. The van der Waals surface area contributed by atoms with Gasteiger partial charge in [0.05, 0.1) is 6.10 Å². The Labute approximate surface area is 71.3 Å². The van der Waals surface area contributed by atoms with E-state index in [-0.39, 0.29) is 17.9 Å². The fourth-order valence-corrected chi connectivity index (χ4v) is 1.58. The Morgan fingerprint density at radius 2 is 2.08 bits per heavy atom. The second kappa shape index (κ2) is 2.71. The fraction of sp³-hybridized carbons (Fsp3) is 0.875. The zero-order valence-electron chi connectivity index (χ0n) is 6.94. The molecule has 2 fully saturated rings. The Balaban J connectivity index is 1.93. The van der Waals surface area contributed by atoms with Gasteiger partial charge in [-0.2, -0.15) is 0 Å². The van der Waals surface area contributed by atoms with Crippen LogP contribution in [0.3, 0.4) is 0 Å². The average Bonchev–Trinajstić information content (AvgIpc) is 2.80. The monoisotopic (exact) mass is 170 g/mol. The molecule has 0 unspecified atom stereocenters. The number of β-amino-alcohol motifs (C(OH)–C–C–N with tert-alkyl or cyclic N) is 1. The summed E-state index contributed by atoms with van der Waals surface area (Å²) in [5, 5.41) is 9.30. The smallest absolute Gasteiger partial charge is 0.225 e. The van der Waals surface area contributed by atoms with E-state index >= 15 is 0 Å². The van der Waals surface area contributed by atoms with E-state index in [9.17, 15) is 9.90 Å². The largest absolute Gasteiger partial charge is 0.390 e. The van der Waals surface area contributed by atoms with Gasteiger partial charge in [-0.05, 0) is 12.8 Å². The van der Waals surface area contributed by atoms with E-state index in [1.54, 1.807) is 4.90 Å². The number of carbonyl (C=O) groups excluding carboxylic acids is 1. The zero-order chi connectivity index (χ0) is 8.72. The summed E-state index contributed by atoms with van der Waals surface area (Å²) in [5.41, 5.74) is 5.58. The Morgan fingerprint density at radius 3 is 2.50 bits per heavy atom. The molecule has 0 aromatic rings. The van der Waals surface area contributed by atoms with E-state index < -0.39 is 6.10 Å². The highest BCUT2D eigenvalue weighted by atomic mass is 16.3. The highest BCUT2D eigenvalue weighted by molar-refractivity contribution is 5.81. The lowest BCUT2D eigenvalue weighted by molar-refractivity contribution is -0.131. The summed E-state index contributed by atoms with van der Waals surface area (Å²) >= 11 is 0. The first kappa shape index (κ1) is 8.01. The van der Waals surface area contributed by atoms with E-state index in [4.69, 9.17) is 5.73 Å². The van der Waals surface area contributed by atoms with Crippen LogP contribution in [-0.4, -0.2) is 41.1 Å². The lowest BCUT2D eigenvalue weighted by Crippen LogP contribution is -2.33. The third-order valence-corrected chi connectivity index (χ3v) is 2.57. The topological polar surface area (TPSA) is 66.6 Å². The standard InChI is InChI=1S/C8H14N2O2/c9-6-3-10(4-7(6)11)8(12)5-1-2-5/h5-7,11H,1-4,9H2/t6-,7-/m1/s1. The molecule has 12 heavy (non-hydrogen) atoms. The lowest BCUT2D eigenvalue weighted by atomic mass is 10.2. The number of aliphatic hydroxyl groups is 1. The molecular weight excluding hydrogens is 156 g/mol. The third kappa shape index (κ3) is 1.32. The van der Waals surface area contributed by atoms with E-state index in [0.717, 1.165) is 12.8 Å². The van der Waals surface area contributed by atoms with Crippen molar-refractivity contribution in [2.45, 2.75) is 25.0 Å². The maximum atomic E-state index is 11.5. The number of rotatable bonds is 1. The molecule has 2 atom stereocenters. The van der Waals surface area contributed by atoms with Crippen LogP contribution >= 0.6 is 0 Å². The number of carbonyl (C=O) groups is 1. The summed E-state index contributed by atoms with van der Waals surface area (Å²) in [5.74, 6) is 0.421. The zero-order valence-corrected chi connectivity index (χ0v) is 6.94. The minimum absolute atomic E-state index is 0.182. The SMILES string of the molecule is N[C@@H]1CN(C(=O)C2CC2)C[C@H]1O. The molecule has 1 heterocycles. The van der Waals surface area contributed by atoms with Gasteiger partial charge in [-0.15, -0.1) is 0 Å². The van der Waals surface area contributed by atoms with Crippen molar-refractivity contribution >= 4 is 5.91 Å². The van der Waals surface area contributed by atoms with Crippen LogP contribution in [-0.2, 0) is 4.79 Å². The number of nitrogens with zero attached hydrogens (tertiary/aromatic N) is 1. The highest BCUT2D eigenvalue weighted by Crippen LogP contribution is 2.31. The molecule has 0 aromatic heterocycles. The summed E-state index contributed by atoms with van der Waals surface area (Å²) in [4.78, 5) is 13.1. The van der Waals surface area contributed by atoms with Crippen LogP contribution in [0.2, 0.25) is 0 Å². The molecule has 2 aliphatic rings. The van der Waals surface area contributed by atoms with Crippen LogP contribution in [0.25, 0.3) is 0 Å². The summed E-state index contributed by atoms with van der Waals surface area (Å²) in [6.45, 7) is 0.951. The van der Waals surface area contributed by atoms with Gasteiger partial charge in [0.15, 0.2) is 0 Å². The third-order valence-electron chi connectivity index (χ3n) is 2.57. The molecule has 1 aliphatic carbocycles. The molecule has 1 aliphatic heterocycles. The summed E-state index contributed by atoms with van der Waals surface area (Å²) < 4.78 is 0. The van der Waals surface area contributed by atoms with Crippen molar-refractivity contribution in [1.82, 2.24) is 4.90 Å². The maximum Gasteiger partial charge on any atom is 0.225 e. The Bertz CT molecular complexity index is 193. The predicted octanol–water partition coefficient (Wildman–Crippen LogP) is -1.07.